The molecule has 0 amide bonds. The Hall–Kier alpha value is -2.75. The van der Waals surface area contributed by atoms with Crippen molar-refractivity contribution in [3.05, 3.63) is 22.2 Å². The van der Waals surface area contributed by atoms with E-state index in [0.717, 1.165) is 0 Å². The Kier molecular flexibility index (Phi) is 3.75. The number of hydrogen-bond donors (Lipinski definition) is 2. The minimum Gasteiger partial charge on any atom is -0.480 e. The summed E-state index contributed by atoms with van der Waals surface area (Å²) in [6.07, 6.45) is 0. The number of benzene rings is 1. The highest BCUT2D eigenvalue weighted by molar-refractivity contribution is 5.94. The van der Waals surface area contributed by atoms with Gasteiger partial charge in [-0.1, -0.05) is 0 Å². The number of nitrogens with one attached hydrogen (secondary N) is 1. The van der Waals surface area contributed by atoms with Crippen molar-refractivity contribution < 1.29 is 24.2 Å². The third kappa shape index (κ3) is 2.49. The average molecular weight is 282 g/mol. The zero-order chi connectivity index (χ0) is 14.7. The summed E-state index contributed by atoms with van der Waals surface area (Å²) in [5, 5.41) is 29.5. The standard InChI is InChI=1S/C10H10N4O6/c1-19-4-6(10(15)16)11-5-2-3-7(14(17)18)9-8(5)12-20-13-9/h2-3,6,11H,4H2,1H3,(H,15,16). The molecular weight excluding hydrogens is 272 g/mol. The number of nitro groups is 1. The summed E-state index contributed by atoms with van der Waals surface area (Å²) in [6, 6.07) is 1.51. The number of fused-ring (bicyclic) bond motifs is 1. The molecule has 0 saturated carbocycles. The van der Waals surface area contributed by atoms with E-state index >= 15 is 0 Å². The number of methoxy groups -OCH3 is 1. The summed E-state index contributed by atoms with van der Waals surface area (Å²) in [5.74, 6) is -1.13. The number of aromatic nitrogens is 2. The van der Waals surface area contributed by atoms with E-state index in [0.29, 0.717) is 0 Å². The van der Waals surface area contributed by atoms with Crippen molar-refractivity contribution in [2.45, 2.75) is 6.04 Å². The van der Waals surface area contributed by atoms with Gasteiger partial charge < -0.3 is 15.2 Å². The molecule has 1 unspecified atom stereocenters. The molecule has 0 bridgehead atoms. The Balaban J connectivity index is 2.40. The first-order valence-corrected chi connectivity index (χ1v) is 5.42. The van der Waals surface area contributed by atoms with E-state index < -0.39 is 16.9 Å². The van der Waals surface area contributed by atoms with Gasteiger partial charge in [-0.2, -0.15) is 0 Å². The Morgan fingerprint density at radius 3 is 2.85 bits per heavy atom. The Morgan fingerprint density at radius 1 is 1.55 bits per heavy atom. The van der Waals surface area contributed by atoms with Gasteiger partial charge in [-0.05, 0) is 16.4 Å². The second-order valence-corrected chi connectivity index (χ2v) is 3.84. The second-order valence-electron chi connectivity index (χ2n) is 3.84. The highest BCUT2D eigenvalue weighted by atomic mass is 16.6. The third-order valence-electron chi connectivity index (χ3n) is 2.55. The molecule has 0 spiro atoms. The minimum atomic E-state index is -1.13. The SMILES string of the molecule is COCC(Nc1ccc([N+](=O)[O-])c2nonc12)C(=O)O. The number of aliphatic carboxylic acids is 1. The lowest BCUT2D eigenvalue weighted by atomic mass is 10.2. The van der Waals surface area contributed by atoms with Gasteiger partial charge in [0.05, 0.1) is 17.2 Å². The fourth-order valence-corrected chi connectivity index (χ4v) is 1.65. The maximum absolute atomic E-state index is 11.0. The van der Waals surface area contributed by atoms with E-state index in [1.165, 1.54) is 19.2 Å². The van der Waals surface area contributed by atoms with E-state index in [2.05, 4.69) is 20.3 Å². The first-order chi connectivity index (χ1) is 9.54. The van der Waals surface area contributed by atoms with Crippen LogP contribution in [-0.4, -0.2) is 46.1 Å². The summed E-state index contributed by atoms with van der Waals surface area (Å²) in [6.45, 7) is -0.0842. The van der Waals surface area contributed by atoms with Crippen molar-refractivity contribution in [2.75, 3.05) is 19.0 Å². The van der Waals surface area contributed by atoms with Gasteiger partial charge in [0.1, 0.15) is 6.04 Å². The largest absolute Gasteiger partial charge is 0.480 e. The van der Waals surface area contributed by atoms with Crippen LogP contribution in [0.5, 0.6) is 0 Å². The van der Waals surface area contributed by atoms with Gasteiger partial charge in [-0.15, -0.1) is 0 Å². The first-order valence-electron chi connectivity index (χ1n) is 5.42. The molecule has 0 fully saturated rings. The molecule has 10 heteroatoms. The number of carboxylic acid groups (broad SMARTS) is 1. The molecule has 2 rings (SSSR count). The normalized spacial score (nSPS) is 12.2. The fourth-order valence-electron chi connectivity index (χ4n) is 1.65. The van der Waals surface area contributed by atoms with Crippen molar-refractivity contribution in [3.63, 3.8) is 0 Å². The van der Waals surface area contributed by atoms with Crippen molar-refractivity contribution >= 4 is 28.4 Å². The number of nitrogens with zero attached hydrogens (tertiary/aromatic N) is 3. The van der Waals surface area contributed by atoms with Gasteiger partial charge >= 0.3 is 11.7 Å². The molecule has 20 heavy (non-hydrogen) atoms. The average Bonchev–Trinajstić information content (AvgIpc) is 2.87. The molecule has 0 saturated heterocycles. The number of ether oxygens (including phenoxy) is 1. The number of non-ortho nitro benzene ring substituents is 1. The lowest BCUT2D eigenvalue weighted by Crippen LogP contribution is -2.33. The van der Waals surface area contributed by atoms with Crippen LogP contribution in [0.3, 0.4) is 0 Å². The van der Waals surface area contributed by atoms with E-state index in [4.69, 9.17) is 9.84 Å². The van der Waals surface area contributed by atoms with Crippen LogP contribution in [0.25, 0.3) is 11.0 Å². The third-order valence-corrected chi connectivity index (χ3v) is 2.55. The molecule has 0 aliphatic rings. The molecule has 2 N–H and O–H groups in total. The van der Waals surface area contributed by atoms with E-state index in [1.54, 1.807) is 0 Å². The quantitative estimate of drug-likeness (QED) is 0.576. The molecule has 1 aromatic heterocycles. The number of carbonyl (C=O) groups is 1. The molecule has 0 aliphatic heterocycles. The lowest BCUT2D eigenvalue weighted by molar-refractivity contribution is -0.383. The molecule has 0 radical (unpaired) electrons. The first kappa shape index (κ1) is 13.7. The summed E-state index contributed by atoms with van der Waals surface area (Å²) >= 11 is 0. The Labute approximate surface area is 111 Å². The topological polar surface area (TPSA) is 141 Å². The van der Waals surface area contributed by atoms with Crippen LogP contribution in [-0.2, 0) is 9.53 Å². The molecule has 0 aliphatic carbocycles. The molecule has 2 aromatic rings. The maximum Gasteiger partial charge on any atom is 0.328 e. The van der Waals surface area contributed by atoms with Gasteiger partial charge in [-0.25, -0.2) is 9.42 Å². The number of hydrogen-bond acceptors (Lipinski definition) is 8. The van der Waals surface area contributed by atoms with Crippen LogP contribution in [0.15, 0.2) is 16.8 Å². The molecular formula is C10H10N4O6. The van der Waals surface area contributed by atoms with Crippen LogP contribution in [0.4, 0.5) is 11.4 Å². The van der Waals surface area contributed by atoms with Crippen molar-refractivity contribution in [1.29, 1.82) is 0 Å². The van der Waals surface area contributed by atoms with Gasteiger partial charge in [0, 0.05) is 13.2 Å². The van der Waals surface area contributed by atoms with Crippen molar-refractivity contribution in [2.24, 2.45) is 0 Å². The molecule has 1 atom stereocenters. The molecule has 1 heterocycles. The zero-order valence-corrected chi connectivity index (χ0v) is 10.3. The molecule has 10 nitrogen and oxygen atoms in total. The van der Waals surface area contributed by atoms with Crippen LogP contribution < -0.4 is 5.32 Å². The second kappa shape index (κ2) is 5.48. The summed E-state index contributed by atoms with van der Waals surface area (Å²) in [7, 11) is 1.36. The van der Waals surface area contributed by atoms with Crippen molar-refractivity contribution in [3.8, 4) is 0 Å². The van der Waals surface area contributed by atoms with Crippen molar-refractivity contribution in [1.82, 2.24) is 10.3 Å². The number of rotatable bonds is 6. The fraction of sp³-hybridized carbons (Fsp3) is 0.300. The summed E-state index contributed by atoms with van der Waals surface area (Å²) in [4.78, 5) is 21.2. The van der Waals surface area contributed by atoms with Crippen LogP contribution in [0, 0.1) is 10.1 Å². The highest BCUT2D eigenvalue weighted by Gasteiger charge is 2.23. The summed E-state index contributed by atoms with van der Waals surface area (Å²) in [5.41, 5.74) is 0.0184. The van der Waals surface area contributed by atoms with Crippen LogP contribution >= 0.6 is 0 Å². The van der Waals surface area contributed by atoms with Crippen LogP contribution in [0.2, 0.25) is 0 Å². The molecule has 1 aromatic carbocycles. The highest BCUT2D eigenvalue weighted by Crippen LogP contribution is 2.29. The maximum atomic E-state index is 11.0. The minimum absolute atomic E-state index is 0.0541. The number of anilines is 1. The van der Waals surface area contributed by atoms with Crippen LogP contribution in [0.1, 0.15) is 0 Å². The zero-order valence-electron chi connectivity index (χ0n) is 10.3. The van der Waals surface area contributed by atoms with Gasteiger partial charge in [0.15, 0.2) is 5.52 Å². The summed E-state index contributed by atoms with van der Waals surface area (Å²) < 4.78 is 9.26. The molecule has 106 valence electrons. The van der Waals surface area contributed by atoms with Gasteiger partial charge in [0.25, 0.3) is 0 Å². The van der Waals surface area contributed by atoms with Gasteiger partial charge in [-0.3, -0.25) is 10.1 Å². The number of nitro benzene ring substituents is 1. The lowest BCUT2D eigenvalue weighted by Gasteiger charge is -2.14. The smallest absolute Gasteiger partial charge is 0.328 e. The van der Waals surface area contributed by atoms with E-state index in [-0.39, 0.29) is 29.0 Å². The van der Waals surface area contributed by atoms with E-state index in [1.807, 2.05) is 0 Å². The van der Waals surface area contributed by atoms with Gasteiger partial charge in [0.2, 0.25) is 5.52 Å². The Bertz CT molecular complexity index is 654. The predicted octanol–water partition coefficient (Wildman–Crippen LogP) is 0.642. The van der Waals surface area contributed by atoms with E-state index in [9.17, 15) is 14.9 Å². The predicted molar refractivity (Wildman–Crippen MR) is 65.4 cm³/mol. The number of carboxylic acids is 1. The monoisotopic (exact) mass is 282 g/mol. The Morgan fingerprint density at radius 2 is 2.25 bits per heavy atom.